The minimum Gasteiger partial charge on any atom is -0.361 e. The predicted octanol–water partition coefficient (Wildman–Crippen LogP) is 2.11. The lowest BCUT2D eigenvalue weighted by Crippen LogP contribution is -2.04. The second-order valence-electron chi connectivity index (χ2n) is 3.76. The lowest BCUT2D eigenvalue weighted by Gasteiger charge is -2.04. The van der Waals surface area contributed by atoms with E-state index >= 15 is 0 Å². The molecule has 66 valence electrons. The van der Waals surface area contributed by atoms with Crippen LogP contribution in [0.4, 0.5) is 0 Å². The standard InChI is InChI=1S/C11H12N2/c12-10-2-1-7-6-11-8(3-4-13-11)5-9(7)10/h3-6,10,13H,1-2,12H2. The van der Waals surface area contributed by atoms with Gasteiger partial charge in [0.15, 0.2) is 0 Å². The van der Waals surface area contributed by atoms with Crippen LogP contribution in [0.25, 0.3) is 10.9 Å². The SMILES string of the molecule is NC1CCc2cc3[nH]ccc3cc21. The molecule has 3 rings (SSSR count). The summed E-state index contributed by atoms with van der Waals surface area (Å²) >= 11 is 0. The molecule has 3 N–H and O–H groups in total. The van der Waals surface area contributed by atoms with Crippen molar-refractivity contribution in [1.82, 2.24) is 4.98 Å². The molecule has 0 fully saturated rings. The second kappa shape index (κ2) is 2.36. The van der Waals surface area contributed by atoms with Crippen LogP contribution in [0.5, 0.6) is 0 Å². The zero-order chi connectivity index (χ0) is 8.84. The first-order valence-electron chi connectivity index (χ1n) is 4.70. The molecule has 2 heteroatoms. The number of hydrogen-bond acceptors (Lipinski definition) is 1. The van der Waals surface area contributed by atoms with Crippen LogP contribution >= 0.6 is 0 Å². The van der Waals surface area contributed by atoms with Gasteiger partial charge in [0, 0.05) is 17.8 Å². The number of nitrogens with two attached hydrogens (primary N) is 1. The van der Waals surface area contributed by atoms with Crippen LogP contribution in [-0.2, 0) is 6.42 Å². The monoisotopic (exact) mass is 172 g/mol. The molecule has 0 spiro atoms. The van der Waals surface area contributed by atoms with Crippen LogP contribution in [0.15, 0.2) is 24.4 Å². The molecule has 1 unspecified atom stereocenters. The van der Waals surface area contributed by atoms with Gasteiger partial charge in [-0.05, 0) is 47.6 Å². The number of aryl methyl sites for hydroxylation is 1. The smallest absolute Gasteiger partial charge is 0.0456 e. The van der Waals surface area contributed by atoms with Crippen molar-refractivity contribution in [2.24, 2.45) is 5.73 Å². The average Bonchev–Trinajstić information content (AvgIpc) is 2.70. The Morgan fingerprint density at radius 1 is 1.38 bits per heavy atom. The zero-order valence-corrected chi connectivity index (χ0v) is 7.38. The van der Waals surface area contributed by atoms with Gasteiger partial charge in [-0.2, -0.15) is 0 Å². The summed E-state index contributed by atoms with van der Waals surface area (Å²) in [5.74, 6) is 0. The summed E-state index contributed by atoms with van der Waals surface area (Å²) in [6.07, 6.45) is 4.21. The number of rotatable bonds is 0. The van der Waals surface area contributed by atoms with Crippen molar-refractivity contribution in [3.05, 3.63) is 35.5 Å². The molecule has 0 saturated heterocycles. The fraction of sp³-hybridized carbons (Fsp3) is 0.273. The van der Waals surface area contributed by atoms with Gasteiger partial charge in [-0.25, -0.2) is 0 Å². The Bertz CT molecular complexity index is 456. The number of H-pyrrole nitrogens is 1. The summed E-state index contributed by atoms with van der Waals surface area (Å²) in [5.41, 5.74) is 9.98. The third-order valence-electron chi connectivity index (χ3n) is 2.94. The average molecular weight is 172 g/mol. The highest BCUT2D eigenvalue weighted by Gasteiger charge is 2.19. The van der Waals surface area contributed by atoms with E-state index in [9.17, 15) is 0 Å². The first-order valence-corrected chi connectivity index (χ1v) is 4.70. The lowest BCUT2D eigenvalue weighted by molar-refractivity contribution is 0.714. The van der Waals surface area contributed by atoms with Crippen molar-refractivity contribution in [3.63, 3.8) is 0 Å². The maximum absolute atomic E-state index is 6.00. The number of fused-ring (bicyclic) bond motifs is 2. The summed E-state index contributed by atoms with van der Waals surface area (Å²) in [6.45, 7) is 0. The van der Waals surface area contributed by atoms with Crippen LogP contribution in [0.1, 0.15) is 23.6 Å². The Labute approximate surface area is 76.8 Å². The van der Waals surface area contributed by atoms with Crippen molar-refractivity contribution < 1.29 is 0 Å². The molecule has 0 bridgehead atoms. The number of aromatic nitrogens is 1. The molecular weight excluding hydrogens is 160 g/mol. The maximum Gasteiger partial charge on any atom is 0.0456 e. The first-order chi connectivity index (χ1) is 6.34. The zero-order valence-electron chi connectivity index (χ0n) is 7.38. The van der Waals surface area contributed by atoms with E-state index in [-0.39, 0.29) is 6.04 Å². The van der Waals surface area contributed by atoms with E-state index in [1.54, 1.807) is 0 Å². The number of benzene rings is 1. The number of nitrogens with one attached hydrogen (secondary N) is 1. The Kier molecular flexibility index (Phi) is 1.30. The van der Waals surface area contributed by atoms with Crippen LogP contribution in [0, 0.1) is 0 Å². The van der Waals surface area contributed by atoms with E-state index in [1.807, 2.05) is 6.20 Å². The van der Waals surface area contributed by atoms with Crippen molar-refractivity contribution in [2.75, 3.05) is 0 Å². The van der Waals surface area contributed by atoms with Gasteiger partial charge in [-0.3, -0.25) is 0 Å². The quantitative estimate of drug-likeness (QED) is 0.628. The number of hydrogen-bond donors (Lipinski definition) is 2. The Morgan fingerprint density at radius 3 is 3.23 bits per heavy atom. The van der Waals surface area contributed by atoms with Gasteiger partial charge < -0.3 is 10.7 Å². The highest BCUT2D eigenvalue weighted by atomic mass is 14.7. The van der Waals surface area contributed by atoms with E-state index in [4.69, 9.17) is 5.73 Å². The molecule has 1 aliphatic rings. The van der Waals surface area contributed by atoms with Gasteiger partial charge in [0.25, 0.3) is 0 Å². The minimum absolute atomic E-state index is 0.259. The van der Waals surface area contributed by atoms with Crippen LogP contribution < -0.4 is 5.73 Å². The van der Waals surface area contributed by atoms with Crippen LogP contribution in [0.2, 0.25) is 0 Å². The minimum atomic E-state index is 0.259. The Morgan fingerprint density at radius 2 is 2.31 bits per heavy atom. The second-order valence-corrected chi connectivity index (χ2v) is 3.76. The topological polar surface area (TPSA) is 41.8 Å². The summed E-state index contributed by atoms with van der Waals surface area (Å²) in [5, 5.41) is 1.27. The Balaban J connectivity index is 2.34. The molecule has 1 heterocycles. The summed E-state index contributed by atoms with van der Waals surface area (Å²) in [6, 6.07) is 6.81. The third-order valence-corrected chi connectivity index (χ3v) is 2.94. The summed E-state index contributed by atoms with van der Waals surface area (Å²) < 4.78 is 0. The Hall–Kier alpha value is -1.28. The molecule has 2 nitrogen and oxygen atoms in total. The van der Waals surface area contributed by atoms with E-state index in [2.05, 4.69) is 23.2 Å². The van der Waals surface area contributed by atoms with Crippen molar-refractivity contribution >= 4 is 10.9 Å². The van der Waals surface area contributed by atoms with E-state index < -0.39 is 0 Å². The first kappa shape index (κ1) is 7.15. The van der Waals surface area contributed by atoms with Gasteiger partial charge in [-0.1, -0.05) is 0 Å². The molecule has 13 heavy (non-hydrogen) atoms. The van der Waals surface area contributed by atoms with Gasteiger partial charge in [0.2, 0.25) is 0 Å². The van der Waals surface area contributed by atoms with Gasteiger partial charge >= 0.3 is 0 Å². The third kappa shape index (κ3) is 0.923. The van der Waals surface area contributed by atoms with E-state index in [0.29, 0.717) is 0 Å². The highest BCUT2D eigenvalue weighted by molar-refractivity contribution is 5.81. The van der Waals surface area contributed by atoms with Crippen molar-refractivity contribution in [1.29, 1.82) is 0 Å². The van der Waals surface area contributed by atoms with Crippen LogP contribution in [-0.4, -0.2) is 4.98 Å². The molecular formula is C11H12N2. The van der Waals surface area contributed by atoms with E-state index in [1.165, 1.54) is 22.0 Å². The molecule has 0 amide bonds. The van der Waals surface area contributed by atoms with Crippen molar-refractivity contribution in [3.8, 4) is 0 Å². The largest absolute Gasteiger partial charge is 0.361 e. The summed E-state index contributed by atoms with van der Waals surface area (Å²) in [4.78, 5) is 3.22. The molecule has 1 aromatic heterocycles. The molecule has 1 aliphatic carbocycles. The fourth-order valence-electron chi connectivity index (χ4n) is 2.19. The highest BCUT2D eigenvalue weighted by Crippen LogP contribution is 2.32. The maximum atomic E-state index is 6.00. The van der Waals surface area contributed by atoms with Gasteiger partial charge in [-0.15, -0.1) is 0 Å². The molecule has 1 aromatic carbocycles. The molecule has 0 saturated carbocycles. The fourth-order valence-corrected chi connectivity index (χ4v) is 2.19. The molecule has 1 atom stereocenters. The lowest BCUT2D eigenvalue weighted by atomic mass is 10.1. The normalized spacial score (nSPS) is 20.8. The van der Waals surface area contributed by atoms with Gasteiger partial charge in [0.05, 0.1) is 0 Å². The predicted molar refractivity (Wildman–Crippen MR) is 53.5 cm³/mol. The van der Waals surface area contributed by atoms with E-state index in [0.717, 1.165) is 12.8 Å². The molecule has 0 aliphatic heterocycles. The van der Waals surface area contributed by atoms with Crippen LogP contribution in [0.3, 0.4) is 0 Å². The van der Waals surface area contributed by atoms with Gasteiger partial charge in [0.1, 0.15) is 0 Å². The van der Waals surface area contributed by atoms with Crippen molar-refractivity contribution in [2.45, 2.75) is 18.9 Å². The molecule has 0 radical (unpaired) electrons. The molecule has 2 aromatic rings. The summed E-state index contributed by atoms with van der Waals surface area (Å²) in [7, 11) is 0. The number of aromatic amines is 1.